The first-order chi connectivity index (χ1) is 13.7. The van der Waals surface area contributed by atoms with E-state index < -0.39 is 0 Å². The molecule has 0 radical (unpaired) electrons. The number of amides is 1. The molecule has 148 valence electrons. The molecule has 2 aromatic carbocycles. The summed E-state index contributed by atoms with van der Waals surface area (Å²) in [7, 11) is 0. The molecule has 28 heavy (non-hydrogen) atoms. The van der Waals surface area contributed by atoms with Gasteiger partial charge in [-0.3, -0.25) is 4.79 Å². The van der Waals surface area contributed by atoms with Crippen LogP contribution in [0.5, 0.6) is 17.2 Å². The van der Waals surface area contributed by atoms with E-state index in [9.17, 15) is 9.18 Å². The standard InChI is InChI=1S/C21H23FN2O4/c1-2-26-20-13-15(14-23-24-21(25)16-4-5-16)3-10-19(20)28-12-11-27-18-8-6-17(22)7-9-18/h3,6-10,13-14,16H,2,4-5,11-12H2,1H3,(H,24,25)/b23-14-. The van der Waals surface area contributed by atoms with Crippen molar-refractivity contribution in [1.82, 2.24) is 5.43 Å². The normalized spacial score (nSPS) is 13.4. The van der Waals surface area contributed by atoms with Gasteiger partial charge < -0.3 is 14.2 Å². The number of nitrogens with one attached hydrogen (secondary N) is 1. The Morgan fingerprint density at radius 2 is 1.86 bits per heavy atom. The van der Waals surface area contributed by atoms with Gasteiger partial charge in [-0.15, -0.1) is 0 Å². The van der Waals surface area contributed by atoms with E-state index in [0.717, 1.165) is 18.4 Å². The molecular formula is C21H23FN2O4. The maximum absolute atomic E-state index is 12.9. The van der Waals surface area contributed by atoms with Gasteiger partial charge >= 0.3 is 0 Å². The minimum atomic E-state index is -0.305. The largest absolute Gasteiger partial charge is 0.490 e. The van der Waals surface area contributed by atoms with Crippen LogP contribution in [0.2, 0.25) is 0 Å². The molecule has 0 bridgehead atoms. The van der Waals surface area contributed by atoms with Crippen LogP contribution in [-0.4, -0.2) is 31.9 Å². The number of carbonyl (C=O) groups is 1. The van der Waals surface area contributed by atoms with Crippen molar-refractivity contribution >= 4 is 12.1 Å². The van der Waals surface area contributed by atoms with Crippen LogP contribution in [0.1, 0.15) is 25.3 Å². The highest BCUT2D eigenvalue weighted by atomic mass is 19.1. The Kier molecular flexibility index (Phi) is 6.84. The number of halogens is 1. The zero-order valence-electron chi connectivity index (χ0n) is 15.7. The van der Waals surface area contributed by atoms with Gasteiger partial charge in [-0.1, -0.05) is 0 Å². The van der Waals surface area contributed by atoms with Crippen molar-refractivity contribution < 1.29 is 23.4 Å². The van der Waals surface area contributed by atoms with Crippen molar-refractivity contribution in [2.45, 2.75) is 19.8 Å². The first-order valence-electron chi connectivity index (χ1n) is 9.26. The van der Waals surface area contributed by atoms with Gasteiger partial charge in [0.25, 0.3) is 0 Å². The number of benzene rings is 2. The fourth-order valence-electron chi connectivity index (χ4n) is 2.44. The van der Waals surface area contributed by atoms with Gasteiger partial charge in [-0.05, 0) is 67.8 Å². The molecule has 1 amide bonds. The van der Waals surface area contributed by atoms with Gasteiger partial charge in [0.15, 0.2) is 11.5 Å². The van der Waals surface area contributed by atoms with Gasteiger partial charge in [0, 0.05) is 5.92 Å². The summed E-state index contributed by atoms with van der Waals surface area (Å²) >= 11 is 0. The van der Waals surface area contributed by atoms with E-state index in [4.69, 9.17) is 14.2 Å². The predicted molar refractivity (Wildman–Crippen MR) is 103 cm³/mol. The second-order valence-electron chi connectivity index (χ2n) is 6.30. The topological polar surface area (TPSA) is 69.2 Å². The molecule has 3 rings (SSSR count). The molecule has 1 aliphatic rings. The summed E-state index contributed by atoms with van der Waals surface area (Å²) in [6, 6.07) is 11.2. The fourth-order valence-corrected chi connectivity index (χ4v) is 2.44. The molecule has 1 saturated carbocycles. The average molecular weight is 386 g/mol. The van der Waals surface area contributed by atoms with Gasteiger partial charge in [0.1, 0.15) is 24.8 Å². The third-order valence-electron chi connectivity index (χ3n) is 4.03. The van der Waals surface area contributed by atoms with E-state index >= 15 is 0 Å². The Balaban J connectivity index is 1.51. The maximum Gasteiger partial charge on any atom is 0.243 e. The number of hydrazone groups is 1. The lowest BCUT2D eigenvalue weighted by molar-refractivity contribution is -0.122. The van der Waals surface area contributed by atoms with Crippen molar-refractivity contribution in [1.29, 1.82) is 0 Å². The van der Waals surface area contributed by atoms with Crippen LogP contribution in [0.4, 0.5) is 4.39 Å². The first-order valence-corrected chi connectivity index (χ1v) is 9.26. The minimum Gasteiger partial charge on any atom is -0.490 e. The molecule has 0 spiro atoms. The zero-order chi connectivity index (χ0) is 19.8. The Morgan fingerprint density at radius 3 is 2.57 bits per heavy atom. The lowest BCUT2D eigenvalue weighted by Crippen LogP contribution is -2.18. The van der Waals surface area contributed by atoms with Crippen LogP contribution in [-0.2, 0) is 4.79 Å². The number of hydrogen-bond acceptors (Lipinski definition) is 5. The number of nitrogens with zero attached hydrogens (tertiary/aromatic N) is 1. The summed E-state index contributed by atoms with van der Waals surface area (Å²) in [5.74, 6) is 1.52. The number of rotatable bonds is 10. The quantitative estimate of drug-likeness (QED) is 0.385. The minimum absolute atomic E-state index is 0.0395. The first kappa shape index (κ1) is 19.7. The van der Waals surface area contributed by atoms with Crippen LogP contribution >= 0.6 is 0 Å². The molecule has 1 aliphatic carbocycles. The van der Waals surface area contributed by atoms with E-state index in [1.807, 2.05) is 13.0 Å². The summed E-state index contributed by atoms with van der Waals surface area (Å²) in [6.45, 7) is 3.00. The van der Waals surface area contributed by atoms with Crippen molar-refractivity contribution in [3.63, 3.8) is 0 Å². The van der Waals surface area contributed by atoms with Crippen molar-refractivity contribution in [2.24, 2.45) is 11.0 Å². The van der Waals surface area contributed by atoms with E-state index in [1.165, 1.54) is 12.1 Å². The Morgan fingerprint density at radius 1 is 1.11 bits per heavy atom. The second kappa shape index (κ2) is 9.73. The van der Waals surface area contributed by atoms with Gasteiger partial charge in [-0.2, -0.15) is 5.10 Å². The molecule has 0 aliphatic heterocycles. The maximum atomic E-state index is 12.9. The van der Waals surface area contributed by atoms with Crippen molar-refractivity contribution in [2.75, 3.05) is 19.8 Å². The van der Waals surface area contributed by atoms with Crippen LogP contribution in [0.3, 0.4) is 0 Å². The van der Waals surface area contributed by atoms with Gasteiger partial charge in [0.05, 0.1) is 12.8 Å². The Labute approximate surface area is 163 Å². The molecule has 6 nitrogen and oxygen atoms in total. The molecule has 0 heterocycles. The van der Waals surface area contributed by atoms with Crippen LogP contribution < -0.4 is 19.6 Å². The Bertz CT molecular complexity index is 820. The van der Waals surface area contributed by atoms with E-state index in [1.54, 1.807) is 30.5 Å². The molecule has 1 N–H and O–H groups in total. The zero-order valence-corrected chi connectivity index (χ0v) is 15.7. The highest BCUT2D eigenvalue weighted by molar-refractivity contribution is 5.84. The van der Waals surface area contributed by atoms with Crippen LogP contribution in [0.15, 0.2) is 47.6 Å². The number of hydrogen-bond donors (Lipinski definition) is 1. The molecular weight excluding hydrogens is 363 g/mol. The third kappa shape index (κ3) is 5.97. The van der Waals surface area contributed by atoms with Crippen LogP contribution in [0.25, 0.3) is 0 Å². The summed E-state index contributed by atoms with van der Waals surface area (Å²) in [6.07, 6.45) is 3.45. The molecule has 0 atom stereocenters. The number of carbonyl (C=O) groups excluding carboxylic acids is 1. The predicted octanol–water partition coefficient (Wildman–Crippen LogP) is 3.54. The third-order valence-corrected chi connectivity index (χ3v) is 4.03. The van der Waals surface area contributed by atoms with E-state index in [2.05, 4.69) is 10.5 Å². The average Bonchev–Trinajstić information content (AvgIpc) is 3.53. The molecule has 2 aromatic rings. The highest BCUT2D eigenvalue weighted by Crippen LogP contribution is 2.29. The lowest BCUT2D eigenvalue weighted by atomic mass is 10.2. The SMILES string of the molecule is CCOc1cc(/C=N\NC(=O)C2CC2)ccc1OCCOc1ccc(F)cc1. The monoisotopic (exact) mass is 386 g/mol. The fraction of sp³-hybridized carbons (Fsp3) is 0.333. The number of ether oxygens (including phenoxy) is 3. The van der Waals surface area contributed by atoms with Gasteiger partial charge in [0.2, 0.25) is 5.91 Å². The van der Waals surface area contributed by atoms with Gasteiger partial charge in [-0.25, -0.2) is 9.82 Å². The van der Waals surface area contributed by atoms with E-state index in [0.29, 0.717) is 37.1 Å². The van der Waals surface area contributed by atoms with Crippen molar-refractivity contribution in [3.8, 4) is 17.2 Å². The summed E-state index contributed by atoms with van der Waals surface area (Å²) in [5.41, 5.74) is 3.33. The lowest BCUT2D eigenvalue weighted by Gasteiger charge is -2.13. The van der Waals surface area contributed by atoms with Crippen LogP contribution in [0, 0.1) is 11.7 Å². The molecule has 0 aromatic heterocycles. The molecule has 7 heteroatoms. The summed E-state index contributed by atoms with van der Waals surface area (Å²) in [4.78, 5) is 11.6. The molecule has 1 fully saturated rings. The summed E-state index contributed by atoms with van der Waals surface area (Å²) < 4.78 is 29.7. The smallest absolute Gasteiger partial charge is 0.243 e. The summed E-state index contributed by atoms with van der Waals surface area (Å²) in [5, 5.41) is 3.98. The second-order valence-corrected chi connectivity index (χ2v) is 6.30. The Hall–Kier alpha value is -3.09. The van der Waals surface area contributed by atoms with E-state index in [-0.39, 0.29) is 17.6 Å². The molecule has 0 saturated heterocycles. The van der Waals surface area contributed by atoms with Crippen molar-refractivity contribution in [3.05, 3.63) is 53.8 Å². The molecule has 0 unspecified atom stereocenters. The highest BCUT2D eigenvalue weighted by Gasteiger charge is 2.29.